The maximum Gasteiger partial charge on any atom is 0.265 e. The number of hydrogen-bond acceptors (Lipinski definition) is 4. The standard InChI is InChI=1S/C25H32N2O2S2/c1-2-3-4-5-7-20-9-11-21(12-10-20)23(28)26-15-13-25(14-16-26)27(17-19-31-25)24(29)22-8-6-18-30-22/h6,8-12,18H,2-5,7,13-17,19H2,1H3. The lowest BCUT2D eigenvalue weighted by Crippen LogP contribution is -2.53. The van der Waals surface area contributed by atoms with Crippen molar-refractivity contribution in [1.29, 1.82) is 0 Å². The summed E-state index contributed by atoms with van der Waals surface area (Å²) in [4.78, 5) is 30.8. The van der Waals surface area contributed by atoms with Gasteiger partial charge in [-0.15, -0.1) is 23.1 Å². The maximum absolute atomic E-state index is 13.1. The first-order valence-corrected chi connectivity index (χ1v) is 13.4. The number of nitrogens with zero attached hydrogens (tertiary/aromatic N) is 2. The highest BCUT2D eigenvalue weighted by Crippen LogP contribution is 2.45. The van der Waals surface area contributed by atoms with Crippen LogP contribution in [-0.2, 0) is 6.42 Å². The Hall–Kier alpha value is -1.79. The van der Waals surface area contributed by atoms with E-state index in [4.69, 9.17) is 0 Å². The number of thiophene rings is 1. The molecule has 0 radical (unpaired) electrons. The second-order valence-electron chi connectivity index (χ2n) is 8.53. The Labute approximate surface area is 194 Å². The normalized spacial score (nSPS) is 18.0. The Balaban J connectivity index is 1.34. The van der Waals surface area contributed by atoms with E-state index in [1.165, 1.54) is 42.6 Å². The molecule has 2 aliphatic rings. The zero-order valence-electron chi connectivity index (χ0n) is 18.3. The monoisotopic (exact) mass is 456 g/mol. The van der Waals surface area contributed by atoms with E-state index >= 15 is 0 Å². The summed E-state index contributed by atoms with van der Waals surface area (Å²) in [6.45, 7) is 4.44. The van der Waals surface area contributed by atoms with Crippen LogP contribution >= 0.6 is 23.1 Å². The topological polar surface area (TPSA) is 40.6 Å². The van der Waals surface area contributed by atoms with Crippen molar-refractivity contribution in [3.05, 3.63) is 57.8 Å². The van der Waals surface area contributed by atoms with Gasteiger partial charge in [0.05, 0.1) is 9.75 Å². The fraction of sp³-hybridized carbons (Fsp3) is 0.520. The highest BCUT2D eigenvalue weighted by molar-refractivity contribution is 8.00. The molecule has 166 valence electrons. The molecule has 4 rings (SSSR count). The molecule has 6 heteroatoms. The van der Waals surface area contributed by atoms with Crippen molar-refractivity contribution in [3.63, 3.8) is 0 Å². The quantitative estimate of drug-likeness (QED) is 0.502. The van der Waals surface area contributed by atoms with Crippen molar-refractivity contribution in [1.82, 2.24) is 9.80 Å². The van der Waals surface area contributed by atoms with Crippen LogP contribution in [0.4, 0.5) is 0 Å². The lowest BCUT2D eigenvalue weighted by molar-refractivity contribution is 0.0501. The van der Waals surface area contributed by atoms with Gasteiger partial charge in [-0.2, -0.15) is 0 Å². The molecule has 0 atom stereocenters. The third kappa shape index (κ3) is 5.01. The molecule has 2 fully saturated rings. The maximum atomic E-state index is 13.1. The highest BCUT2D eigenvalue weighted by atomic mass is 32.2. The van der Waals surface area contributed by atoms with E-state index in [0.717, 1.165) is 42.0 Å². The summed E-state index contributed by atoms with van der Waals surface area (Å²) >= 11 is 3.40. The van der Waals surface area contributed by atoms with Gasteiger partial charge in [0.15, 0.2) is 0 Å². The smallest absolute Gasteiger partial charge is 0.265 e. The van der Waals surface area contributed by atoms with Gasteiger partial charge in [-0.3, -0.25) is 9.59 Å². The van der Waals surface area contributed by atoms with Gasteiger partial charge in [0.1, 0.15) is 0 Å². The molecule has 2 saturated heterocycles. The SMILES string of the molecule is CCCCCCc1ccc(C(=O)N2CCC3(CC2)SCCN3C(=O)c2cccs2)cc1. The summed E-state index contributed by atoms with van der Waals surface area (Å²) in [7, 11) is 0. The van der Waals surface area contributed by atoms with Gasteiger partial charge >= 0.3 is 0 Å². The van der Waals surface area contributed by atoms with Crippen molar-refractivity contribution < 1.29 is 9.59 Å². The molecule has 0 unspecified atom stereocenters. The van der Waals surface area contributed by atoms with Crippen molar-refractivity contribution in [3.8, 4) is 0 Å². The molecular weight excluding hydrogens is 424 g/mol. The van der Waals surface area contributed by atoms with Gasteiger partial charge < -0.3 is 9.80 Å². The predicted octanol–water partition coefficient (Wildman–Crippen LogP) is 5.69. The number of unbranched alkanes of at least 4 members (excludes halogenated alkanes) is 3. The first-order chi connectivity index (χ1) is 15.1. The molecule has 4 nitrogen and oxygen atoms in total. The van der Waals surface area contributed by atoms with Crippen LogP contribution in [0.5, 0.6) is 0 Å². The summed E-state index contributed by atoms with van der Waals surface area (Å²) < 4.78 is 0. The molecule has 31 heavy (non-hydrogen) atoms. The third-order valence-electron chi connectivity index (χ3n) is 6.51. The summed E-state index contributed by atoms with van der Waals surface area (Å²) in [6.07, 6.45) is 7.81. The summed E-state index contributed by atoms with van der Waals surface area (Å²) in [5, 5.41) is 1.96. The second-order valence-corrected chi connectivity index (χ2v) is 10.9. The van der Waals surface area contributed by atoms with Crippen LogP contribution in [0.15, 0.2) is 41.8 Å². The number of thioether (sulfide) groups is 1. The number of aryl methyl sites for hydroxylation is 1. The van der Waals surface area contributed by atoms with E-state index in [-0.39, 0.29) is 16.7 Å². The second kappa shape index (κ2) is 10.2. The zero-order valence-corrected chi connectivity index (χ0v) is 20.0. The number of hydrogen-bond donors (Lipinski definition) is 0. The molecule has 1 aromatic carbocycles. The van der Waals surface area contributed by atoms with Gasteiger partial charge in [-0.25, -0.2) is 0 Å². The van der Waals surface area contributed by atoms with E-state index < -0.39 is 0 Å². The van der Waals surface area contributed by atoms with Gasteiger partial charge in [-0.05, 0) is 54.8 Å². The molecule has 2 aliphatic heterocycles. The number of benzene rings is 1. The predicted molar refractivity (Wildman–Crippen MR) is 130 cm³/mol. The molecule has 1 aromatic heterocycles. The van der Waals surface area contributed by atoms with Crippen LogP contribution in [0.25, 0.3) is 0 Å². The first kappa shape index (κ1) is 22.4. The number of piperidine rings is 1. The van der Waals surface area contributed by atoms with Crippen LogP contribution in [0, 0.1) is 0 Å². The molecular formula is C25H32N2O2S2. The molecule has 0 N–H and O–H groups in total. The summed E-state index contributed by atoms with van der Waals surface area (Å²) in [5.74, 6) is 1.24. The average Bonchev–Trinajstić information content (AvgIpc) is 3.48. The number of amides is 2. The molecule has 0 aliphatic carbocycles. The minimum absolute atomic E-state index is 0.117. The van der Waals surface area contributed by atoms with E-state index in [2.05, 4.69) is 24.0 Å². The van der Waals surface area contributed by atoms with Gasteiger partial charge in [-0.1, -0.05) is 44.4 Å². The van der Waals surface area contributed by atoms with Crippen LogP contribution in [-0.4, -0.2) is 51.9 Å². The molecule has 3 heterocycles. The molecule has 0 bridgehead atoms. The van der Waals surface area contributed by atoms with Crippen molar-refractivity contribution >= 4 is 34.9 Å². The van der Waals surface area contributed by atoms with Crippen LogP contribution in [0.2, 0.25) is 0 Å². The van der Waals surface area contributed by atoms with Crippen LogP contribution in [0.1, 0.15) is 71.0 Å². The van der Waals surface area contributed by atoms with Crippen molar-refractivity contribution in [2.24, 2.45) is 0 Å². The van der Waals surface area contributed by atoms with Gasteiger partial charge in [0.25, 0.3) is 11.8 Å². The largest absolute Gasteiger partial charge is 0.338 e. The number of carbonyl (C=O) groups excluding carboxylic acids is 2. The van der Waals surface area contributed by atoms with Gasteiger partial charge in [0, 0.05) is 31.0 Å². The van der Waals surface area contributed by atoms with E-state index in [1.807, 2.05) is 46.3 Å². The Morgan fingerprint density at radius 1 is 0.968 bits per heavy atom. The van der Waals surface area contributed by atoms with Gasteiger partial charge in [0.2, 0.25) is 0 Å². The highest BCUT2D eigenvalue weighted by Gasteiger charge is 2.47. The van der Waals surface area contributed by atoms with Crippen molar-refractivity contribution in [2.45, 2.75) is 56.7 Å². The molecule has 2 aromatic rings. The lowest BCUT2D eigenvalue weighted by atomic mass is 10.00. The third-order valence-corrected chi connectivity index (χ3v) is 8.92. The first-order valence-electron chi connectivity index (χ1n) is 11.5. The van der Waals surface area contributed by atoms with E-state index in [1.54, 1.807) is 0 Å². The Morgan fingerprint density at radius 2 is 1.74 bits per heavy atom. The van der Waals surface area contributed by atoms with E-state index in [0.29, 0.717) is 13.1 Å². The minimum atomic E-state index is -0.153. The number of carbonyl (C=O) groups is 2. The van der Waals surface area contributed by atoms with Crippen molar-refractivity contribution in [2.75, 3.05) is 25.4 Å². The fourth-order valence-electron chi connectivity index (χ4n) is 4.65. The zero-order chi connectivity index (χ0) is 21.7. The lowest BCUT2D eigenvalue weighted by Gasteiger charge is -2.44. The fourth-order valence-corrected chi connectivity index (χ4v) is 6.78. The molecule has 1 spiro atoms. The Morgan fingerprint density at radius 3 is 2.42 bits per heavy atom. The van der Waals surface area contributed by atoms with E-state index in [9.17, 15) is 9.59 Å². The van der Waals surface area contributed by atoms with Crippen LogP contribution < -0.4 is 0 Å². The minimum Gasteiger partial charge on any atom is -0.338 e. The summed E-state index contributed by atoms with van der Waals surface area (Å²) in [5.41, 5.74) is 2.09. The average molecular weight is 457 g/mol. The van der Waals surface area contributed by atoms with Crippen LogP contribution in [0.3, 0.4) is 0 Å². The number of rotatable bonds is 7. The molecule has 0 saturated carbocycles. The summed E-state index contributed by atoms with van der Waals surface area (Å²) in [6, 6.07) is 12.0. The number of likely N-dealkylation sites (tertiary alicyclic amines) is 1. The Bertz CT molecular complexity index is 871. The molecule has 2 amide bonds. The Kier molecular flexibility index (Phi) is 7.39.